The summed E-state index contributed by atoms with van der Waals surface area (Å²) in [5.41, 5.74) is -3.85. The molecule has 3 N–H and O–H groups in total. The third kappa shape index (κ3) is 20.8. The molecule has 0 amide bonds. The summed E-state index contributed by atoms with van der Waals surface area (Å²) in [5, 5.41) is 56.3. The Hall–Kier alpha value is -5.47. The normalized spacial score (nSPS) is 20.6. The Morgan fingerprint density at radius 3 is 1.09 bits per heavy atom. The highest BCUT2D eigenvalue weighted by Gasteiger charge is 2.50. The SMILES string of the molecule is C[N+]1(CCCc2cccs2)CCC(OC(=O)C(O)(c2cccs2)c2cccs2)C1.C[N+]1(CCOc2ccccc2)CCC(OC(=O)C(O)(c2cccs2)c2cccs2)C1.C[N+]1(CCc2ccccc2)CCC(OC(=O)C(O)(c2cccs2)c2cccs2)C1.O=C([O-])C(F)(F)F.[Br-].[Br-]. The van der Waals surface area contributed by atoms with Crippen molar-refractivity contribution in [3.8, 4) is 5.75 Å². The first-order chi connectivity index (χ1) is 45.4. The second-order valence-electron chi connectivity index (χ2n) is 24.6. The van der Waals surface area contributed by atoms with E-state index in [2.05, 4.69) is 62.9 Å². The molecule has 6 atom stereocenters. The van der Waals surface area contributed by atoms with Crippen LogP contribution in [0.3, 0.4) is 0 Å². The second kappa shape index (κ2) is 35.7. The number of halogens is 5. The summed E-state index contributed by atoms with van der Waals surface area (Å²) in [6.07, 6.45) is -0.0570. The molecule has 3 fully saturated rings. The standard InChI is InChI=1S/C23H26NO4S2.C23H26NO3S2.C22H26NO3S3.C2HF3O2.2BrH/c1-24(13-14-27-18-7-3-2-4-8-18)12-11-19(17-24)28-22(25)23(26,20-9-5-15-29-20)21-10-6-16-30-21;1-24(13-11-18-7-3-2-4-8-18)14-12-19(17-24)27-22(25)23(26,20-9-5-15-28-20)21-10-6-16-29-21;1-23(11-2-6-18-7-3-13-27-18)12-10-17(16-23)26-21(24)22(25,19-8-4-14-28-19)20-9-5-15-29-20;3-2(4,5)1(6)7;;/h2-10,15-16,19,26H,11-14,17H2,1H3;2-10,15-16,19,26H,11-14,17H2,1H3;3-5,7-9,13-15,17,25H,2,6,10-12,16H2,1H3;(H,6,7);2*1H/q3*+1;;;/p-3. The lowest BCUT2D eigenvalue weighted by atomic mass is 10.00. The first-order valence-corrected chi connectivity index (χ1v) is 37.2. The van der Waals surface area contributed by atoms with Gasteiger partial charge in [0.2, 0.25) is 16.8 Å². The number of carboxylic acid groups (broad SMARTS) is 1. The van der Waals surface area contributed by atoms with Gasteiger partial charge >= 0.3 is 24.1 Å². The van der Waals surface area contributed by atoms with Crippen LogP contribution < -0.4 is 43.8 Å². The first kappa shape index (κ1) is 78.9. The number of likely N-dealkylation sites (N-methyl/N-ethyl adjacent to an activating group) is 3. The fourth-order valence-corrected chi connectivity index (χ4v) is 17.8. The zero-order valence-corrected chi connectivity index (χ0v) is 62.4. The molecule has 27 heteroatoms. The third-order valence-corrected chi connectivity index (χ3v) is 24.0. The molecule has 10 heterocycles. The molecule has 0 radical (unpaired) electrons. The van der Waals surface area contributed by atoms with E-state index in [4.69, 9.17) is 28.8 Å². The summed E-state index contributed by atoms with van der Waals surface area (Å²) in [6.45, 7) is 8.72. The number of carbonyl (C=O) groups excluding carboxylic acids is 4. The molecule has 0 saturated carbocycles. The summed E-state index contributed by atoms with van der Waals surface area (Å²) >= 11 is 10.0. The van der Waals surface area contributed by atoms with Crippen molar-refractivity contribution in [1.29, 1.82) is 0 Å². The molecule has 6 unspecified atom stereocenters. The number of carboxylic acids is 1. The minimum Gasteiger partial charge on any atom is -1.00 e. The van der Waals surface area contributed by atoms with Crippen LogP contribution in [0, 0.1) is 0 Å². The van der Waals surface area contributed by atoms with Gasteiger partial charge in [-0.05, 0) is 104 Å². The predicted octanol–water partition coefficient (Wildman–Crippen LogP) is 5.75. The van der Waals surface area contributed by atoms with E-state index < -0.39 is 46.9 Å². The van der Waals surface area contributed by atoms with Crippen molar-refractivity contribution in [2.45, 2.75) is 79.8 Å². The van der Waals surface area contributed by atoms with Gasteiger partial charge in [-0.25, -0.2) is 14.4 Å². The van der Waals surface area contributed by atoms with Gasteiger partial charge in [-0.2, -0.15) is 13.2 Å². The fraction of sp³-hybridized carbons (Fsp3) is 0.371. The molecular formula is C70H78Br2F3N3O12S7. The summed E-state index contributed by atoms with van der Waals surface area (Å²) in [7, 11) is 6.63. The molecule has 97 heavy (non-hydrogen) atoms. The molecule has 9 aromatic rings. The molecule has 7 aromatic heterocycles. The topological polar surface area (TPSA) is 189 Å². The maximum Gasteiger partial charge on any atom is 0.430 e. The molecule has 3 aliphatic heterocycles. The van der Waals surface area contributed by atoms with Crippen LogP contribution in [-0.4, -0.2) is 164 Å². The highest BCUT2D eigenvalue weighted by Crippen LogP contribution is 2.41. The molecule has 12 rings (SSSR count). The lowest BCUT2D eigenvalue weighted by molar-refractivity contribution is -0.899. The van der Waals surface area contributed by atoms with E-state index in [-0.39, 0.29) is 52.3 Å². The molecule has 3 aliphatic rings. The maximum absolute atomic E-state index is 13.1. The summed E-state index contributed by atoms with van der Waals surface area (Å²) < 4.78 is 57.6. The van der Waals surface area contributed by atoms with Crippen LogP contribution in [0.15, 0.2) is 183 Å². The number of quaternary nitrogens is 3. The van der Waals surface area contributed by atoms with Gasteiger partial charge < -0.3 is 91.6 Å². The highest BCUT2D eigenvalue weighted by molar-refractivity contribution is 7.13. The number of benzene rings is 2. The Labute approximate surface area is 612 Å². The fourth-order valence-electron chi connectivity index (χ4n) is 11.9. The maximum atomic E-state index is 13.1. The quantitative estimate of drug-likeness (QED) is 0.0401. The molecule has 0 aliphatic carbocycles. The molecule has 0 spiro atoms. The minimum atomic E-state index is -5.19. The number of nitrogens with zero attached hydrogens (tertiary/aromatic N) is 3. The van der Waals surface area contributed by atoms with E-state index in [0.717, 1.165) is 117 Å². The van der Waals surface area contributed by atoms with Gasteiger partial charge in [0.15, 0.2) is 18.3 Å². The number of hydrogen-bond donors (Lipinski definition) is 3. The second-order valence-corrected chi connectivity index (χ2v) is 31.3. The smallest absolute Gasteiger partial charge is 0.430 e. The largest absolute Gasteiger partial charge is 1.00 e. The summed E-state index contributed by atoms with van der Waals surface area (Å²) in [5.74, 6) is -3.86. The molecule has 15 nitrogen and oxygen atoms in total. The number of carbonyl (C=O) groups is 4. The molecule has 522 valence electrons. The van der Waals surface area contributed by atoms with Gasteiger partial charge in [0.05, 0.1) is 83.1 Å². The van der Waals surface area contributed by atoms with Gasteiger partial charge in [-0.15, -0.1) is 79.4 Å². The van der Waals surface area contributed by atoms with Crippen molar-refractivity contribution < 1.29 is 119 Å². The van der Waals surface area contributed by atoms with Crippen molar-refractivity contribution in [2.75, 3.05) is 86.7 Å². The van der Waals surface area contributed by atoms with Gasteiger partial charge in [0, 0.05) is 37.0 Å². The number of thiophene rings is 7. The Balaban J connectivity index is 0.000000193. The van der Waals surface area contributed by atoms with Crippen LogP contribution in [0.2, 0.25) is 0 Å². The Kier molecular flexibility index (Phi) is 29.0. The zero-order valence-electron chi connectivity index (χ0n) is 53.5. The van der Waals surface area contributed by atoms with E-state index in [1.165, 1.54) is 78.5 Å². The van der Waals surface area contributed by atoms with Gasteiger partial charge in [0.1, 0.15) is 44.5 Å². The predicted molar refractivity (Wildman–Crippen MR) is 367 cm³/mol. The van der Waals surface area contributed by atoms with Crippen molar-refractivity contribution in [3.63, 3.8) is 0 Å². The average Bonchev–Trinajstić information content (AvgIpc) is 1.74. The number of para-hydroxylation sites is 1. The minimum absolute atomic E-state index is 0. The van der Waals surface area contributed by atoms with Crippen LogP contribution in [-0.2, 0) is 63.0 Å². The van der Waals surface area contributed by atoms with Crippen LogP contribution in [0.1, 0.15) is 65.4 Å². The number of aryl methyl sites for hydroxylation is 1. The van der Waals surface area contributed by atoms with Gasteiger partial charge in [-0.1, -0.05) is 91.0 Å². The van der Waals surface area contributed by atoms with Crippen molar-refractivity contribution >= 4 is 103 Å². The number of aliphatic carboxylic acids is 1. The van der Waals surface area contributed by atoms with E-state index >= 15 is 0 Å². The van der Waals surface area contributed by atoms with Crippen LogP contribution >= 0.6 is 79.4 Å². The number of ether oxygens (including phenoxy) is 4. The number of alkyl halides is 3. The summed E-state index contributed by atoms with van der Waals surface area (Å²) in [6, 6.07) is 46.4. The first-order valence-electron chi connectivity index (χ1n) is 31.0. The van der Waals surface area contributed by atoms with Gasteiger partial charge in [-0.3, -0.25) is 0 Å². The number of likely N-dealkylation sites (tertiary alicyclic amines) is 3. The molecular weight excluding hydrogens is 1520 g/mol. The Morgan fingerprint density at radius 2 is 0.773 bits per heavy atom. The number of aliphatic hydroxyl groups is 3. The van der Waals surface area contributed by atoms with Crippen LogP contribution in [0.25, 0.3) is 0 Å². The average molecular weight is 1590 g/mol. The monoisotopic (exact) mass is 1590 g/mol. The molecule has 2 aromatic carbocycles. The van der Waals surface area contributed by atoms with Crippen molar-refractivity contribution in [1.82, 2.24) is 0 Å². The lowest BCUT2D eigenvalue weighted by Gasteiger charge is -2.30. The van der Waals surface area contributed by atoms with Crippen molar-refractivity contribution in [3.05, 3.63) is 223 Å². The number of esters is 3. The van der Waals surface area contributed by atoms with Crippen LogP contribution in [0.5, 0.6) is 5.75 Å². The van der Waals surface area contributed by atoms with E-state index in [1.807, 2.05) is 116 Å². The zero-order chi connectivity index (χ0) is 67.7. The molecule has 3 saturated heterocycles. The van der Waals surface area contributed by atoms with E-state index in [9.17, 15) is 42.9 Å². The van der Waals surface area contributed by atoms with E-state index in [1.54, 1.807) is 36.4 Å². The molecule has 0 bridgehead atoms. The van der Waals surface area contributed by atoms with E-state index in [0.29, 0.717) is 35.9 Å². The number of hydrogen-bond acceptors (Lipinski definition) is 19. The highest BCUT2D eigenvalue weighted by atomic mass is 79.9. The Bertz CT molecular complexity index is 3660. The third-order valence-electron chi connectivity index (χ3n) is 17.2. The summed E-state index contributed by atoms with van der Waals surface area (Å²) in [4.78, 5) is 53.2. The van der Waals surface area contributed by atoms with Gasteiger partial charge in [0.25, 0.3) is 0 Å². The van der Waals surface area contributed by atoms with Crippen LogP contribution in [0.4, 0.5) is 13.2 Å². The Morgan fingerprint density at radius 1 is 0.454 bits per heavy atom. The number of rotatable bonds is 23. The van der Waals surface area contributed by atoms with Crippen molar-refractivity contribution in [2.24, 2.45) is 0 Å². The lowest BCUT2D eigenvalue weighted by Crippen LogP contribution is -3.00.